The van der Waals surface area contributed by atoms with E-state index >= 15 is 0 Å². The topological polar surface area (TPSA) is 76.4 Å². The van der Waals surface area contributed by atoms with Gasteiger partial charge < -0.3 is 9.73 Å². The summed E-state index contributed by atoms with van der Waals surface area (Å²) in [5.74, 6) is -0.572. The molecule has 0 atom stereocenters. The summed E-state index contributed by atoms with van der Waals surface area (Å²) in [5.41, 5.74) is 2.64. The van der Waals surface area contributed by atoms with Crippen LogP contribution in [0.25, 0.3) is 0 Å². The lowest BCUT2D eigenvalue weighted by molar-refractivity contribution is 0.0991. The van der Waals surface area contributed by atoms with E-state index in [4.69, 9.17) is 4.42 Å². The molecule has 0 bridgehead atoms. The number of carbonyl (C=O) groups is 1. The van der Waals surface area contributed by atoms with Gasteiger partial charge in [0.2, 0.25) is 14.9 Å². The highest BCUT2D eigenvalue weighted by molar-refractivity contribution is 9.10. The van der Waals surface area contributed by atoms with Crippen LogP contribution in [-0.2, 0) is 9.84 Å². The van der Waals surface area contributed by atoms with Crippen molar-refractivity contribution >= 4 is 37.4 Å². The Morgan fingerprint density at radius 3 is 2.38 bits per heavy atom. The zero-order valence-corrected chi connectivity index (χ0v) is 16.5. The number of rotatable bonds is 4. The van der Waals surface area contributed by atoms with Gasteiger partial charge in [-0.25, -0.2) is 8.42 Å². The van der Waals surface area contributed by atoms with Crippen molar-refractivity contribution in [1.82, 2.24) is 0 Å². The number of furan rings is 1. The molecule has 1 heterocycles. The standard InChI is InChI=1S/C19H16BrNO4S/c1-12-4-3-5-16(13(12)2)21-19(22)17-10-11-18(25-17)26(23,24)15-8-6-14(20)7-9-15/h3-11H,1-2H3,(H,21,22). The molecular formula is C19H16BrNO4S. The first-order valence-corrected chi connectivity index (χ1v) is 10.0. The Morgan fingerprint density at radius 1 is 1.00 bits per heavy atom. The van der Waals surface area contributed by atoms with Gasteiger partial charge in [0, 0.05) is 10.2 Å². The average Bonchev–Trinajstić information content (AvgIpc) is 3.10. The van der Waals surface area contributed by atoms with Gasteiger partial charge in [-0.2, -0.15) is 0 Å². The van der Waals surface area contributed by atoms with E-state index in [9.17, 15) is 13.2 Å². The van der Waals surface area contributed by atoms with Gasteiger partial charge in [-0.15, -0.1) is 0 Å². The third kappa shape index (κ3) is 3.59. The number of hydrogen-bond acceptors (Lipinski definition) is 4. The van der Waals surface area contributed by atoms with Crippen molar-refractivity contribution in [3.8, 4) is 0 Å². The van der Waals surface area contributed by atoms with Crippen LogP contribution < -0.4 is 5.32 Å². The first-order valence-electron chi connectivity index (χ1n) is 7.77. The van der Waals surface area contributed by atoms with E-state index in [1.807, 2.05) is 26.0 Å². The van der Waals surface area contributed by atoms with Crippen LogP contribution in [0.15, 0.2) is 73.5 Å². The smallest absolute Gasteiger partial charge is 0.291 e. The number of sulfone groups is 1. The Balaban J connectivity index is 1.86. The Kier molecular flexibility index (Phi) is 5.02. The van der Waals surface area contributed by atoms with Crippen LogP contribution in [-0.4, -0.2) is 14.3 Å². The molecule has 0 aliphatic carbocycles. The van der Waals surface area contributed by atoms with Crippen LogP contribution in [0.4, 0.5) is 5.69 Å². The van der Waals surface area contributed by atoms with E-state index in [0.717, 1.165) is 15.6 Å². The van der Waals surface area contributed by atoms with Crippen molar-refractivity contribution in [2.75, 3.05) is 5.32 Å². The summed E-state index contributed by atoms with van der Waals surface area (Å²) in [4.78, 5) is 12.5. The molecule has 0 aliphatic rings. The van der Waals surface area contributed by atoms with Crippen molar-refractivity contribution in [2.24, 2.45) is 0 Å². The third-order valence-corrected chi connectivity index (χ3v) is 6.22. The Labute approximate surface area is 160 Å². The highest BCUT2D eigenvalue weighted by Gasteiger charge is 2.23. The van der Waals surface area contributed by atoms with Crippen LogP contribution in [0.2, 0.25) is 0 Å². The monoisotopic (exact) mass is 433 g/mol. The van der Waals surface area contributed by atoms with Gasteiger partial charge in [-0.05, 0) is 67.4 Å². The third-order valence-electron chi connectivity index (χ3n) is 4.05. The molecular weight excluding hydrogens is 418 g/mol. The van der Waals surface area contributed by atoms with E-state index in [1.165, 1.54) is 24.3 Å². The molecule has 0 unspecified atom stereocenters. The van der Waals surface area contributed by atoms with Crippen LogP contribution in [0, 0.1) is 13.8 Å². The molecule has 0 fully saturated rings. The summed E-state index contributed by atoms with van der Waals surface area (Å²) in [5, 5.41) is 2.47. The molecule has 26 heavy (non-hydrogen) atoms. The average molecular weight is 434 g/mol. The van der Waals surface area contributed by atoms with E-state index in [2.05, 4.69) is 21.2 Å². The summed E-state index contributed by atoms with van der Waals surface area (Å²) in [6.07, 6.45) is 0. The zero-order chi connectivity index (χ0) is 18.9. The minimum absolute atomic E-state index is 0.0680. The second kappa shape index (κ2) is 7.09. The van der Waals surface area contributed by atoms with Crippen molar-refractivity contribution in [2.45, 2.75) is 23.8 Å². The predicted octanol–water partition coefficient (Wildman–Crippen LogP) is 4.74. The van der Waals surface area contributed by atoms with Gasteiger partial charge in [0.25, 0.3) is 5.91 Å². The van der Waals surface area contributed by atoms with Gasteiger partial charge in [0.15, 0.2) is 5.76 Å². The molecule has 5 nitrogen and oxygen atoms in total. The van der Waals surface area contributed by atoms with Gasteiger partial charge in [-0.1, -0.05) is 28.1 Å². The molecule has 7 heteroatoms. The number of aryl methyl sites for hydroxylation is 1. The number of amides is 1. The minimum Gasteiger partial charge on any atom is -0.439 e. The molecule has 3 aromatic rings. The van der Waals surface area contributed by atoms with Gasteiger partial charge in [0.1, 0.15) is 0 Å². The predicted molar refractivity (Wildman–Crippen MR) is 102 cm³/mol. The lowest BCUT2D eigenvalue weighted by Gasteiger charge is -2.09. The molecule has 0 spiro atoms. The fourth-order valence-corrected chi connectivity index (χ4v) is 3.82. The first-order chi connectivity index (χ1) is 12.3. The summed E-state index contributed by atoms with van der Waals surface area (Å²) in [6.45, 7) is 3.84. The van der Waals surface area contributed by atoms with Crippen LogP contribution in [0.3, 0.4) is 0 Å². The molecule has 1 amide bonds. The molecule has 134 valence electrons. The number of carbonyl (C=O) groups excluding carboxylic acids is 1. The lowest BCUT2D eigenvalue weighted by Crippen LogP contribution is -2.12. The molecule has 0 radical (unpaired) electrons. The zero-order valence-electron chi connectivity index (χ0n) is 14.1. The molecule has 0 aliphatic heterocycles. The molecule has 0 saturated carbocycles. The van der Waals surface area contributed by atoms with Gasteiger partial charge in [-0.3, -0.25) is 4.79 Å². The van der Waals surface area contributed by atoms with Crippen molar-refractivity contribution in [3.05, 3.63) is 76.0 Å². The maximum atomic E-state index is 12.6. The van der Waals surface area contributed by atoms with E-state index in [0.29, 0.717) is 5.69 Å². The Bertz CT molecular complexity index is 1070. The molecule has 0 saturated heterocycles. The van der Waals surface area contributed by atoms with Crippen LogP contribution in [0.5, 0.6) is 0 Å². The molecule has 1 aromatic heterocycles. The number of benzene rings is 2. The highest BCUT2D eigenvalue weighted by Crippen LogP contribution is 2.25. The van der Waals surface area contributed by atoms with E-state index < -0.39 is 15.7 Å². The van der Waals surface area contributed by atoms with E-state index in [-0.39, 0.29) is 15.7 Å². The number of hydrogen-bond donors (Lipinski definition) is 1. The largest absolute Gasteiger partial charge is 0.439 e. The number of halogens is 1. The fourth-order valence-electron chi connectivity index (χ4n) is 2.39. The van der Waals surface area contributed by atoms with Crippen molar-refractivity contribution < 1.29 is 17.6 Å². The Morgan fingerprint density at radius 2 is 1.69 bits per heavy atom. The van der Waals surface area contributed by atoms with Crippen molar-refractivity contribution in [3.63, 3.8) is 0 Å². The summed E-state index contributed by atoms with van der Waals surface area (Å²) in [7, 11) is -3.82. The number of nitrogens with one attached hydrogen (secondary N) is 1. The minimum atomic E-state index is -3.82. The maximum Gasteiger partial charge on any atom is 0.291 e. The second-order valence-corrected chi connectivity index (χ2v) is 8.57. The summed E-state index contributed by atoms with van der Waals surface area (Å²) < 4.78 is 31.3. The quantitative estimate of drug-likeness (QED) is 0.644. The van der Waals surface area contributed by atoms with Gasteiger partial charge in [0.05, 0.1) is 4.90 Å². The lowest BCUT2D eigenvalue weighted by atomic mass is 10.1. The summed E-state index contributed by atoms with van der Waals surface area (Å²) >= 11 is 3.26. The second-order valence-electron chi connectivity index (χ2n) is 5.78. The summed E-state index contributed by atoms with van der Waals surface area (Å²) in [6, 6.07) is 14.4. The van der Waals surface area contributed by atoms with E-state index in [1.54, 1.807) is 18.2 Å². The van der Waals surface area contributed by atoms with Crippen LogP contribution in [0.1, 0.15) is 21.7 Å². The fraction of sp³-hybridized carbons (Fsp3) is 0.105. The maximum absolute atomic E-state index is 12.6. The molecule has 3 rings (SSSR count). The molecule has 2 aromatic carbocycles. The van der Waals surface area contributed by atoms with Crippen molar-refractivity contribution in [1.29, 1.82) is 0 Å². The normalized spacial score (nSPS) is 11.3. The molecule has 1 N–H and O–H groups in total. The SMILES string of the molecule is Cc1cccc(NC(=O)c2ccc(S(=O)(=O)c3ccc(Br)cc3)o2)c1C. The number of anilines is 1. The Hall–Kier alpha value is -2.38. The highest BCUT2D eigenvalue weighted by atomic mass is 79.9. The van der Waals surface area contributed by atoms with Gasteiger partial charge >= 0.3 is 0 Å². The first kappa shape index (κ1) is 18.4. The van der Waals surface area contributed by atoms with Crippen LogP contribution >= 0.6 is 15.9 Å².